The molecule has 0 spiro atoms. The Balaban J connectivity index is 0.912. The van der Waals surface area contributed by atoms with Gasteiger partial charge in [0.15, 0.2) is 0 Å². The van der Waals surface area contributed by atoms with E-state index in [0.717, 1.165) is 66.8 Å². The maximum absolute atomic E-state index is 2.34. The van der Waals surface area contributed by atoms with Crippen molar-refractivity contribution in [2.24, 2.45) is 0 Å². The van der Waals surface area contributed by atoms with Crippen molar-refractivity contribution in [3.63, 3.8) is 0 Å². The number of rotatable bonds is 14. The van der Waals surface area contributed by atoms with E-state index in [1.165, 1.54) is 44.5 Å². The maximum Gasteiger partial charge on any atom is -0.0105 e. The molecule has 0 saturated heterocycles. The van der Waals surface area contributed by atoms with Crippen molar-refractivity contribution in [3.05, 3.63) is 347 Å². The van der Waals surface area contributed by atoms with Crippen molar-refractivity contribution in [3.8, 4) is 44.5 Å². The Kier molecular flexibility index (Phi) is 14.3. The summed E-state index contributed by atoms with van der Waals surface area (Å²) in [4.78, 5) is 0. The van der Waals surface area contributed by atoms with Gasteiger partial charge < -0.3 is 0 Å². The van der Waals surface area contributed by atoms with E-state index < -0.39 is 0 Å². The average molecular weight is 943 g/mol. The molecule has 350 valence electrons. The Bertz CT molecular complexity index is 3310. The first kappa shape index (κ1) is 46.7. The van der Waals surface area contributed by atoms with Crippen molar-refractivity contribution in [1.29, 1.82) is 0 Å². The Morgan fingerprint density at radius 3 is 0.568 bits per heavy atom. The molecule has 0 aliphatic carbocycles. The number of benzene rings is 11. The quantitative estimate of drug-likeness (QED) is 0.0953. The van der Waals surface area contributed by atoms with E-state index in [9.17, 15) is 0 Å². The average Bonchev–Trinajstić information content (AvgIpc) is 3.48. The highest BCUT2D eigenvalue weighted by molar-refractivity contribution is 5.96. The van der Waals surface area contributed by atoms with Gasteiger partial charge in [0.2, 0.25) is 0 Å². The van der Waals surface area contributed by atoms with Crippen LogP contribution in [0.3, 0.4) is 0 Å². The first-order chi connectivity index (χ1) is 36.7. The van der Waals surface area contributed by atoms with E-state index in [1.54, 1.807) is 0 Å². The maximum atomic E-state index is 2.34. The van der Waals surface area contributed by atoms with Gasteiger partial charge in [-0.05, 0) is 123 Å². The third-order valence-corrected chi connectivity index (χ3v) is 13.7. The summed E-state index contributed by atoms with van der Waals surface area (Å²) in [5.74, 6) is 0. The first-order valence-electron chi connectivity index (χ1n) is 25.4. The standard InChI is InChI=1S/C74H54/c1-5-19-55(20-6-1)63-37-45-67(46-38-63)73(68-47-39-64(40-48-68)56-21-7-2-8-22-56)53-71-31-17-15-29-61(71)35-33-59-27-13-14-28-60(59)34-36-62-30-16-18-32-72(62)54-74(69-49-41-65(42-50-69)57-23-9-3-10-24-57)70-51-43-66(44-52-70)58-25-11-4-12-26-58/h1-54H. The molecule has 0 bridgehead atoms. The molecular weight excluding hydrogens is 889 g/mol. The second kappa shape index (κ2) is 22.6. The topological polar surface area (TPSA) is 0 Å². The SMILES string of the molecule is C(=Cc1ccccc1C=C(c1ccc(-c2ccccc2)cc1)c1ccc(-c2ccccc2)cc1)c1ccccc1C=Cc1ccccc1C=C(c1ccc(-c2ccccc2)cc1)c1ccc(-c2ccccc2)cc1. The van der Waals surface area contributed by atoms with Crippen LogP contribution in [0.5, 0.6) is 0 Å². The van der Waals surface area contributed by atoms with Gasteiger partial charge in [-0.15, -0.1) is 0 Å². The Morgan fingerprint density at radius 2 is 0.338 bits per heavy atom. The Morgan fingerprint density at radius 1 is 0.162 bits per heavy atom. The first-order valence-corrected chi connectivity index (χ1v) is 25.4. The van der Waals surface area contributed by atoms with E-state index in [0.29, 0.717) is 0 Å². The minimum absolute atomic E-state index is 1.14. The van der Waals surface area contributed by atoms with Crippen LogP contribution in [0, 0.1) is 0 Å². The smallest absolute Gasteiger partial charge is 0.0105 e. The van der Waals surface area contributed by atoms with E-state index in [-0.39, 0.29) is 0 Å². The molecule has 0 amide bonds. The van der Waals surface area contributed by atoms with Crippen LogP contribution in [0.2, 0.25) is 0 Å². The molecule has 74 heavy (non-hydrogen) atoms. The van der Waals surface area contributed by atoms with Gasteiger partial charge in [0.05, 0.1) is 0 Å². The fraction of sp³-hybridized carbons (Fsp3) is 0. The van der Waals surface area contributed by atoms with Crippen molar-refractivity contribution in [2.75, 3.05) is 0 Å². The predicted octanol–water partition coefficient (Wildman–Crippen LogP) is 19.9. The second-order valence-electron chi connectivity index (χ2n) is 18.4. The largest absolute Gasteiger partial charge is 0.0622 e. The third-order valence-electron chi connectivity index (χ3n) is 13.7. The van der Waals surface area contributed by atoms with Gasteiger partial charge in [-0.3, -0.25) is 0 Å². The van der Waals surface area contributed by atoms with Crippen LogP contribution in [0.1, 0.15) is 55.6 Å². The molecule has 0 atom stereocenters. The Labute approximate surface area is 436 Å². The fourth-order valence-corrected chi connectivity index (χ4v) is 9.63. The lowest BCUT2D eigenvalue weighted by Crippen LogP contribution is -1.91. The van der Waals surface area contributed by atoms with Gasteiger partial charge in [0, 0.05) is 0 Å². The van der Waals surface area contributed by atoms with Gasteiger partial charge in [-0.25, -0.2) is 0 Å². The molecule has 0 N–H and O–H groups in total. The molecule has 0 saturated carbocycles. The summed E-state index contributed by atoms with van der Waals surface area (Å²) in [5.41, 5.74) is 23.5. The molecule has 11 aromatic rings. The van der Waals surface area contributed by atoms with Crippen LogP contribution in [-0.2, 0) is 0 Å². The van der Waals surface area contributed by atoms with E-state index in [4.69, 9.17) is 0 Å². The third kappa shape index (κ3) is 11.1. The molecule has 0 radical (unpaired) electrons. The normalized spacial score (nSPS) is 11.1. The molecule has 0 aliphatic heterocycles. The molecule has 0 fully saturated rings. The summed E-state index contributed by atoms with van der Waals surface area (Å²) in [6.07, 6.45) is 13.7. The van der Waals surface area contributed by atoms with E-state index >= 15 is 0 Å². The summed E-state index contributed by atoms with van der Waals surface area (Å²) < 4.78 is 0. The zero-order valence-electron chi connectivity index (χ0n) is 41.2. The van der Waals surface area contributed by atoms with Crippen LogP contribution < -0.4 is 0 Å². The summed E-state index contributed by atoms with van der Waals surface area (Å²) in [5, 5.41) is 0. The predicted molar refractivity (Wildman–Crippen MR) is 319 cm³/mol. The Hall–Kier alpha value is -9.62. The highest BCUT2D eigenvalue weighted by atomic mass is 14.2. The minimum Gasteiger partial charge on any atom is -0.0622 e. The van der Waals surface area contributed by atoms with Crippen LogP contribution >= 0.6 is 0 Å². The van der Waals surface area contributed by atoms with Gasteiger partial charge in [-0.1, -0.05) is 315 Å². The lowest BCUT2D eigenvalue weighted by Gasteiger charge is -2.13. The molecule has 0 heterocycles. The molecule has 0 aliphatic rings. The zero-order valence-corrected chi connectivity index (χ0v) is 41.2. The molecular formula is C74H54. The molecule has 11 rings (SSSR count). The van der Waals surface area contributed by atoms with Crippen LogP contribution in [0.15, 0.2) is 291 Å². The lowest BCUT2D eigenvalue weighted by atomic mass is 9.91. The van der Waals surface area contributed by atoms with E-state index in [2.05, 4.69) is 328 Å². The molecule has 11 aromatic carbocycles. The molecule has 0 heteroatoms. The van der Waals surface area contributed by atoms with E-state index in [1.807, 2.05) is 0 Å². The molecule has 0 nitrogen and oxygen atoms in total. The summed E-state index contributed by atoms with van der Waals surface area (Å²) in [6, 6.07) is 104. The highest BCUT2D eigenvalue weighted by Crippen LogP contribution is 2.34. The second-order valence-corrected chi connectivity index (χ2v) is 18.4. The van der Waals surface area contributed by atoms with Crippen LogP contribution in [-0.4, -0.2) is 0 Å². The molecule has 0 unspecified atom stereocenters. The monoisotopic (exact) mass is 942 g/mol. The van der Waals surface area contributed by atoms with Crippen molar-refractivity contribution in [1.82, 2.24) is 0 Å². The summed E-state index contributed by atoms with van der Waals surface area (Å²) >= 11 is 0. The highest BCUT2D eigenvalue weighted by Gasteiger charge is 2.12. The zero-order chi connectivity index (χ0) is 49.7. The van der Waals surface area contributed by atoms with Gasteiger partial charge in [0.25, 0.3) is 0 Å². The van der Waals surface area contributed by atoms with Crippen molar-refractivity contribution in [2.45, 2.75) is 0 Å². The van der Waals surface area contributed by atoms with Gasteiger partial charge in [-0.2, -0.15) is 0 Å². The van der Waals surface area contributed by atoms with Gasteiger partial charge in [0.1, 0.15) is 0 Å². The minimum atomic E-state index is 1.14. The number of hydrogen-bond donors (Lipinski definition) is 0. The number of hydrogen-bond acceptors (Lipinski definition) is 0. The summed E-state index contributed by atoms with van der Waals surface area (Å²) in [7, 11) is 0. The molecule has 0 aromatic heterocycles. The summed E-state index contributed by atoms with van der Waals surface area (Å²) in [6.45, 7) is 0. The van der Waals surface area contributed by atoms with Crippen molar-refractivity contribution < 1.29 is 0 Å². The lowest BCUT2D eigenvalue weighted by molar-refractivity contribution is 1.53. The van der Waals surface area contributed by atoms with Gasteiger partial charge >= 0.3 is 0 Å². The van der Waals surface area contributed by atoms with Crippen LogP contribution in [0.4, 0.5) is 0 Å². The fourth-order valence-electron chi connectivity index (χ4n) is 9.63. The van der Waals surface area contributed by atoms with Crippen molar-refractivity contribution >= 4 is 47.6 Å². The van der Waals surface area contributed by atoms with Crippen LogP contribution in [0.25, 0.3) is 92.1 Å².